The second kappa shape index (κ2) is 12.7. The van der Waals surface area contributed by atoms with E-state index < -0.39 is 0 Å². The largest absolute Gasteiger partial charge is 0.313 e. The molecule has 0 radical (unpaired) electrons. The van der Waals surface area contributed by atoms with Gasteiger partial charge in [0.25, 0.3) is 0 Å². The number of fused-ring (bicyclic) bond motifs is 7. The van der Waals surface area contributed by atoms with Crippen LogP contribution in [0.5, 0.6) is 0 Å². The van der Waals surface area contributed by atoms with Crippen LogP contribution in [-0.2, 0) is 11.8 Å². The molecule has 11 rings (SSSR count). The summed E-state index contributed by atoms with van der Waals surface area (Å²) in [6.45, 7) is 4.79. The van der Waals surface area contributed by atoms with Gasteiger partial charge in [-0.3, -0.25) is 4.98 Å². The van der Waals surface area contributed by atoms with Crippen LogP contribution in [0, 0.1) is 0 Å². The summed E-state index contributed by atoms with van der Waals surface area (Å²) >= 11 is 0. The van der Waals surface area contributed by atoms with Crippen molar-refractivity contribution in [2.24, 2.45) is 0 Å². The molecule has 0 N–H and O–H groups in total. The highest BCUT2D eigenvalue weighted by Crippen LogP contribution is 2.46. The summed E-state index contributed by atoms with van der Waals surface area (Å²) in [5.41, 5.74) is 16.5. The van der Waals surface area contributed by atoms with E-state index in [1.165, 1.54) is 94.3 Å². The maximum Gasteiger partial charge on any atom is 0.0541 e. The maximum atomic E-state index is 4.21. The molecule has 2 aliphatic rings. The molecule has 0 saturated carbocycles. The van der Waals surface area contributed by atoms with Crippen molar-refractivity contribution in [1.82, 2.24) is 14.1 Å². The second-order valence-corrected chi connectivity index (χ2v) is 15.9. The molecule has 3 heteroatoms. The molecule has 0 saturated heterocycles. The molecule has 3 heterocycles. The summed E-state index contributed by atoms with van der Waals surface area (Å²) in [6, 6.07) is 53.6. The number of para-hydroxylation sites is 1. The van der Waals surface area contributed by atoms with Crippen LogP contribution in [-0.4, -0.2) is 14.1 Å². The molecule has 0 aliphatic heterocycles. The van der Waals surface area contributed by atoms with E-state index >= 15 is 0 Å². The Balaban J connectivity index is 0.985. The summed E-state index contributed by atoms with van der Waals surface area (Å²) in [5.74, 6) is 0.434. The first-order chi connectivity index (χ1) is 27.5. The van der Waals surface area contributed by atoms with Gasteiger partial charge in [-0.05, 0) is 123 Å². The molecular formula is C53H41N3. The number of hydrogen-bond acceptors (Lipinski definition) is 1. The fraction of sp³-hybridized carbons (Fsp3) is 0.113. The van der Waals surface area contributed by atoms with Gasteiger partial charge >= 0.3 is 0 Å². The average molecular weight is 720 g/mol. The Morgan fingerprint density at radius 2 is 1.29 bits per heavy atom. The maximum absolute atomic E-state index is 4.21. The first kappa shape index (κ1) is 32.7. The van der Waals surface area contributed by atoms with Crippen LogP contribution >= 0.6 is 0 Å². The Hall–Kier alpha value is -6.71. The van der Waals surface area contributed by atoms with Gasteiger partial charge in [0.2, 0.25) is 0 Å². The number of pyridine rings is 1. The lowest BCUT2D eigenvalue weighted by molar-refractivity contribution is 0.586. The second-order valence-electron chi connectivity index (χ2n) is 15.9. The van der Waals surface area contributed by atoms with Gasteiger partial charge in [-0.15, -0.1) is 0 Å². The fourth-order valence-corrected chi connectivity index (χ4v) is 9.60. The molecular weight excluding hydrogens is 679 g/mol. The van der Waals surface area contributed by atoms with Crippen molar-refractivity contribution >= 4 is 44.7 Å². The van der Waals surface area contributed by atoms with E-state index in [2.05, 4.69) is 198 Å². The fourth-order valence-electron chi connectivity index (χ4n) is 9.60. The Morgan fingerprint density at radius 1 is 0.607 bits per heavy atom. The lowest BCUT2D eigenvalue weighted by Gasteiger charge is -2.31. The first-order valence-corrected chi connectivity index (χ1v) is 19.8. The van der Waals surface area contributed by atoms with Gasteiger partial charge in [-0.2, -0.15) is 0 Å². The monoisotopic (exact) mass is 719 g/mol. The zero-order valence-electron chi connectivity index (χ0n) is 31.7. The Kier molecular flexibility index (Phi) is 7.40. The SMILES string of the molecule is CC1CC=Cc2c3c(n(-c4ccc(-c5ccncc5)cc4)c21)C=CC(C)(c1ccc2c(c1)c1ccccc1n2-c1ccc(-c2cccc4ccccc24)cc1)C3. The third kappa shape index (κ3) is 5.08. The zero-order valence-corrected chi connectivity index (χ0v) is 31.7. The molecule has 2 atom stereocenters. The quantitative estimate of drug-likeness (QED) is 0.174. The zero-order chi connectivity index (χ0) is 37.4. The minimum absolute atomic E-state index is 0.163. The third-order valence-electron chi connectivity index (χ3n) is 12.5. The molecule has 0 spiro atoms. The highest BCUT2D eigenvalue weighted by atomic mass is 15.0. The van der Waals surface area contributed by atoms with Crippen molar-refractivity contribution in [3.05, 3.63) is 198 Å². The van der Waals surface area contributed by atoms with Gasteiger partial charge in [-0.1, -0.05) is 123 Å². The van der Waals surface area contributed by atoms with Crippen LogP contribution in [0.1, 0.15) is 54.3 Å². The van der Waals surface area contributed by atoms with Gasteiger partial charge < -0.3 is 9.13 Å². The van der Waals surface area contributed by atoms with Gasteiger partial charge in [0.1, 0.15) is 0 Å². The number of benzene rings is 6. The van der Waals surface area contributed by atoms with Gasteiger partial charge in [-0.25, -0.2) is 0 Å². The van der Waals surface area contributed by atoms with Crippen molar-refractivity contribution in [3.63, 3.8) is 0 Å². The molecule has 9 aromatic rings. The van der Waals surface area contributed by atoms with E-state index in [9.17, 15) is 0 Å². The number of nitrogens with zero attached hydrogens (tertiary/aromatic N) is 3. The Bertz CT molecular complexity index is 3020. The lowest BCUT2D eigenvalue weighted by Crippen LogP contribution is -2.25. The van der Waals surface area contributed by atoms with Crippen LogP contribution in [0.2, 0.25) is 0 Å². The number of aromatic nitrogens is 3. The van der Waals surface area contributed by atoms with Gasteiger partial charge in [0.15, 0.2) is 0 Å². The third-order valence-corrected chi connectivity index (χ3v) is 12.5. The first-order valence-electron chi connectivity index (χ1n) is 19.8. The Morgan fingerprint density at radius 3 is 2.11 bits per heavy atom. The van der Waals surface area contributed by atoms with E-state index in [1.807, 2.05) is 12.4 Å². The summed E-state index contributed by atoms with van der Waals surface area (Å²) < 4.78 is 4.97. The highest BCUT2D eigenvalue weighted by Gasteiger charge is 2.35. The molecule has 0 amide bonds. The van der Waals surface area contributed by atoms with Crippen molar-refractivity contribution in [2.75, 3.05) is 0 Å². The highest BCUT2D eigenvalue weighted by molar-refractivity contribution is 6.09. The molecule has 6 aromatic carbocycles. The van der Waals surface area contributed by atoms with Crippen LogP contribution in [0.15, 0.2) is 170 Å². The number of allylic oxidation sites excluding steroid dienone is 2. The molecule has 3 nitrogen and oxygen atoms in total. The molecule has 3 aromatic heterocycles. The summed E-state index contributed by atoms with van der Waals surface area (Å²) in [6.07, 6.45) is 15.3. The summed E-state index contributed by atoms with van der Waals surface area (Å²) in [5, 5.41) is 5.12. The van der Waals surface area contributed by atoms with E-state index in [0.717, 1.165) is 12.8 Å². The minimum atomic E-state index is -0.163. The topological polar surface area (TPSA) is 22.8 Å². The van der Waals surface area contributed by atoms with Crippen molar-refractivity contribution in [3.8, 4) is 33.6 Å². The molecule has 2 unspecified atom stereocenters. The normalized spacial score (nSPS) is 17.4. The average Bonchev–Trinajstić information content (AvgIpc) is 3.77. The standard InChI is InChI=1S/C53H41N3/c1-35-9-7-15-46-48-34-53(2,30-27-51(48)56(52(35)46)42-22-17-36(18-23-42)37-28-31-54-32-29-37)40-21-26-50-47(33-40)45-13-5-6-16-49(45)55(50)41-24-19-39(20-25-41)44-14-8-11-38-10-3-4-12-43(38)44/h3-8,10-33,35H,9,34H2,1-2H3. The van der Waals surface area contributed by atoms with Gasteiger partial charge in [0.05, 0.1) is 11.0 Å². The van der Waals surface area contributed by atoms with Crippen molar-refractivity contribution < 1.29 is 0 Å². The summed E-state index contributed by atoms with van der Waals surface area (Å²) in [7, 11) is 0. The van der Waals surface area contributed by atoms with Crippen LogP contribution < -0.4 is 0 Å². The molecule has 2 aliphatic carbocycles. The van der Waals surface area contributed by atoms with Crippen LogP contribution in [0.25, 0.3) is 78.4 Å². The van der Waals surface area contributed by atoms with Crippen molar-refractivity contribution in [2.45, 2.75) is 38.0 Å². The lowest BCUT2D eigenvalue weighted by atomic mass is 9.73. The Labute approximate surface area is 327 Å². The summed E-state index contributed by atoms with van der Waals surface area (Å²) in [4.78, 5) is 4.21. The predicted molar refractivity (Wildman–Crippen MR) is 235 cm³/mol. The van der Waals surface area contributed by atoms with Crippen LogP contribution in [0.4, 0.5) is 0 Å². The van der Waals surface area contributed by atoms with Gasteiger partial charge in [0, 0.05) is 57.3 Å². The predicted octanol–water partition coefficient (Wildman–Crippen LogP) is 13.5. The molecule has 268 valence electrons. The number of rotatable bonds is 5. The van der Waals surface area contributed by atoms with Crippen molar-refractivity contribution in [1.29, 1.82) is 0 Å². The molecule has 0 bridgehead atoms. The molecule has 56 heavy (non-hydrogen) atoms. The minimum Gasteiger partial charge on any atom is -0.313 e. The van der Waals surface area contributed by atoms with E-state index in [0.29, 0.717) is 5.92 Å². The van der Waals surface area contributed by atoms with Crippen LogP contribution in [0.3, 0.4) is 0 Å². The number of hydrogen-bond donors (Lipinski definition) is 0. The molecule has 0 fully saturated rings. The van der Waals surface area contributed by atoms with E-state index in [4.69, 9.17) is 0 Å². The van der Waals surface area contributed by atoms with E-state index in [-0.39, 0.29) is 5.41 Å². The van der Waals surface area contributed by atoms with E-state index in [1.54, 1.807) is 0 Å². The smallest absolute Gasteiger partial charge is 0.0541 e.